The van der Waals surface area contributed by atoms with E-state index < -0.39 is 0 Å². The van der Waals surface area contributed by atoms with E-state index in [1.165, 1.54) is 11.3 Å². The van der Waals surface area contributed by atoms with Gasteiger partial charge in [-0.15, -0.1) is 0 Å². The van der Waals surface area contributed by atoms with E-state index in [-0.39, 0.29) is 5.91 Å². The first kappa shape index (κ1) is 13.4. The van der Waals surface area contributed by atoms with E-state index >= 15 is 0 Å². The smallest absolute Gasteiger partial charge is 0.223 e. The van der Waals surface area contributed by atoms with Gasteiger partial charge in [-0.3, -0.25) is 4.79 Å². The van der Waals surface area contributed by atoms with E-state index in [9.17, 15) is 4.79 Å². The highest BCUT2D eigenvalue weighted by Gasteiger charge is 2.25. The molecule has 0 radical (unpaired) electrons. The first-order valence-corrected chi connectivity index (χ1v) is 7.52. The Hall–Kier alpha value is -1.55. The first-order valence-electron chi connectivity index (χ1n) is 7.52. The Morgan fingerprint density at radius 3 is 2.75 bits per heavy atom. The summed E-state index contributed by atoms with van der Waals surface area (Å²) >= 11 is 0. The molecule has 4 nitrogen and oxygen atoms in total. The van der Waals surface area contributed by atoms with Crippen molar-refractivity contribution in [3.63, 3.8) is 0 Å². The standard InChI is InChI=1S/C16H23N3O/c1-12-9-14-10-15(18-7-5-17-6-8-18)3-4-16(14)19(11-12)13(2)20/h3-4,10,12,17H,5-9,11H2,1-2H3/t12-/m1/s1. The number of carbonyl (C=O) groups excluding carboxylic acids is 1. The van der Waals surface area contributed by atoms with E-state index in [0.29, 0.717) is 5.92 Å². The molecule has 2 heterocycles. The SMILES string of the molecule is CC(=O)N1C[C@H](C)Cc2cc(N3CCNCC3)ccc21. The van der Waals surface area contributed by atoms with Crippen molar-refractivity contribution in [2.45, 2.75) is 20.3 Å². The maximum Gasteiger partial charge on any atom is 0.223 e. The zero-order valence-electron chi connectivity index (χ0n) is 12.4. The van der Waals surface area contributed by atoms with Crippen LogP contribution < -0.4 is 15.1 Å². The van der Waals surface area contributed by atoms with Gasteiger partial charge < -0.3 is 15.1 Å². The Labute approximate surface area is 120 Å². The number of benzene rings is 1. The molecular weight excluding hydrogens is 250 g/mol. The van der Waals surface area contributed by atoms with E-state index in [4.69, 9.17) is 0 Å². The molecule has 1 N–H and O–H groups in total. The molecule has 0 spiro atoms. The molecule has 1 amide bonds. The average Bonchev–Trinajstić information content (AvgIpc) is 2.46. The number of fused-ring (bicyclic) bond motifs is 1. The third-order valence-corrected chi connectivity index (χ3v) is 4.28. The highest BCUT2D eigenvalue weighted by molar-refractivity contribution is 5.93. The van der Waals surface area contributed by atoms with Crippen LogP contribution in [-0.4, -0.2) is 38.6 Å². The van der Waals surface area contributed by atoms with Gasteiger partial charge in [-0.1, -0.05) is 6.92 Å². The monoisotopic (exact) mass is 273 g/mol. The molecule has 1 saturated heterocycles. The van der Waals surface area contributed by atoms with Crippen LogP contribution in [0.1, 0.15) is 19.4 Å². The number of amides is 1. The highest BCUT2D eigenvalue weighted by Crippen LogP contribution is 2.33. The van der Waals surface area contributed by atoms with Crippen LogP contribution in [-0.2, 0) is 11.2 Å². The summed E-state index contributed by atoms with van der Waals surface area (Å²) < 4.78 is 0. The van der Waals surface area contributed by atoms with E-state index in [0.717, 1.165) is 44.8 Å². The molecule has 2 aliphatic heterocycles. The van der Waals surface area contributed by atoms with Gasteiger partial charge in [0.15, 0.2) is 0 Å². The summed E-state index contributed by atoms with van der Waals surface area (Å²) in [6.45, 7) is 8.94. The van der Waals surface area contributed by atoms with Gasteiger partial charge >= 0.3 is 0 Å². The Bertz CT molecular complexity index is 508. The number of hydrogen-bond donors (Lipinski definition) is 1. The van der Waals surface area contributed by atoms with Gasteiger partial charge in [-0.2, -0.15) is 0 Å². The van der Waals surface area contributed by atoms with Gasteiger partial charge in [0.2, 0.25) is 5.91 Å². The Balaban J connectivity index is 1.91. The Kier molecular flexibility index (Phi) is 3.66. The number of hydrogen-bond acceptors (Lipinski definition) is 3. The molecule has 0 aromatic heterocycles. The normalized spacial score (nSPS) is 22.6. The van der Waals surface area contributed by atoms with E-state index in [2.05, 4.69) is 35.3 Å². The lowest BCUT2D eigenvalue weighted by molar-refractivity contribution is -0.116. The quantitative estimate of drug-likeness (QED) is 0.845. The number of nitrogens with zero attached hydrogens (tertiary/aromatic N) is 2. The second-order valence-corrected chi connectivity index (χ2v) is 5.99. The number of nitrogens with one attached hydrogen (secondary N) is 1. The molecule has 2 aliphatic rings. The molecule has 1 aromatic rings. The van der Waals surface area contributed by atoms with Crippen molar-refractivity contribution in [3.8, 4) is 0 Å². The minimum absolute atomic E-state index is 0.146. The zero-order chi connectivity index (χ0) is 14.1. The van der Waals surface area contributed by atoms with Crippen LogP contribution in [0.2, 0.25) is 0 Å². The van der Waals surface area contributed by atoms with Gasteiger partial charge in [0, 0.05) is 51.0 Å². The number of piperazine rings is 1. The van der Waals surface area contributed by atoms with Crippen LogP contribution >= 0.6 is 0 Å². The minimum atomic E-state index is 0.146. The molecule has 108 valence electrons. The average molecular weight is 273 g/mol. The Morgan fingerprint density at radius 2 is 2.05 bits per heavy atom. The second-order valence-electron chi connectivity index (χ2n) is 5.99. The molecule has 0 bridgehead atoms. The summed E-state index contributed by atoms with van der Waals surface area (Å²) in [5.74, 6) is 0.678. The summed E-state index contributed by atoms with van der Waals surface area (Å²) in [5.41, 5.74) is 3.72. The molecule has 20 heavy (non-hydrogen) atoms. The Morgan fingerprint density at radius 1 is 1.30 bits per heavy atom. The van der Waals surface area contributed by atoms with Crippen LogP contribution in [0.3, 0.4) is 0 Å². The fourth-order valence-electron chi connectivity index (χ4n) is 3.27. The summed E-state index contributed by atoms with van der Waals surface area (Å²) in [4.78, 5) is 16.1. The lowest BCUT2D eigenvalue weighted by Crippen LogP contribution is -2.43. The van der Waals surface area contributed by atoms with Crippen LogP contribution in [0.15, 0.2) is 18.2 Å². The molecule has 1 atom stereocenters. The van der Waals surface area contributed by atoms with Crippen molar-refractivity contribution in [3.05, 3.63) is 23.8 Å². The van der Waals surface area contributed by atoms with Crippen molar-refractivity contribution < 1.29 is 4.79 Å². The molecule has 1 fully saturated rings. The van der Waals surface area contributed by atoms with Crippen LogP contribution in [0.4, 0.5) is 11.4 Å². The molecule has 4 heteroatoms. The number of anilines is 2. The van der Waals surface area contributed by atoms with Crippen molar-refractivity contribution in [1.82, 2.24) is 5.32 Å². The van der Waals surface area contributed by atoms with Crippen molar-refractivity contribution in [2.24, 2.45) is 5.92 Å². The minimum Gasteiger partial charge on any atom is -0.369 e. The third kappa shape index (κ3) is 2.52. The topological polar surface area (TPSA) is 35.6 Å². The van der Waals surface area contributed by atoms with Gasteiger partial charge in [-0.05, 0) is 36.1 Å². The fraction of sp³-hybridized carbons (Fsp3) is 0.562. The van der Waals surface area contributed by atoms with Gasteiger partial charge in [-0.25, -0.2) is 0 Å². The molecular formula is C16H23N3O. The van der Waals surface area contributed by atoms with Crippen molar-refractivity contribution in [2.75, 3.05) is 42.5 Å². The maximum absolute atomic E-state index is 11.8. The van der Waals surface area contributed by atoms with Gasteiger partial charge in [0.1, 0.15) is 0 Å². The zero-order valence-corrected chi connectivity index (χ0v) is 12.4. The highest BCUT2D eigenvalue weighted by atomic mass is 16.2. The van der Waals surface area contributed by atoms with E-state index in [1.807, 2.05) is 4.90 Å². The van der Waals surface area contributed by atoms with Crippen molar-refractivity contribution >= 4 is 17.3 Å². The van der Waals surface area contributed by atoms with E-state index in [1.54, 1.807) is 6.92 Å². The molecule has 3 rings (SSSR count). The second kappa shape index (κ2) is 5.44. The van der Waals surface area contributed by atoms with Crippen molar-refractivity contribution in [1.29, 1.82) is 0 Å². The summed E-state index contributed by atoms with van der Waals surface area (Å²) in [5, 5.41) is 3.38. The maximum atomic E-state index is 11.8. The molecule has 0 aliphatic carbocycles. The number of rotatable bonds is 1. The predicted octanol–water partition coefficient (Wildman–Crippen LogP) is 1.64. The lowest BCUT2D eigenvalue weighted by atomic mass is 9.93. The summed E-state index contributed by atoms with van der Waals surface area (Å²) in [6.07, 6.45) is 1.07. The van der Waals surface area contributed by atoms with Crippen LogP contribution in [0.5, 0.6) is 0 Å². The third-order valence-electron chi connectivity index (χ3n) is 4.28. The summed E-state index contributed by atoms with van der Waals surface area (Å²) in [7, 11) is 0. The van der Waals surface area contributed by atoms with Crippen LogP contribution in [0.25, 0.3) is 0 Å². The largest absolute Gasteiger partial charge is 0.369 e. The molecule has 0 unspecified atom stereocenters. The summed E-state index contributed by atoms with van der Waals surface area (Å²) in [6, 6.07) is 6.57. The van der Waals surface area contributed by atoms with Crippen LogP contribution in [0, 0.1) is 5.92 Å². The fourth-order valence-corrected chi connectivity index (χ4v) is 3.27. The number of carbonyl (C=O) groups is 1. The predicted molar refractivity (Wildman–Crippen MR) is 82.4 cm³/mol. The molecule has 1 aromatic carbocycles. The van der Waals surface area contributed by atoms with Gasteiger partial charge in [0.05, 0.1) is 0 Å². The lowest BCUT2D eigenvalue weighted by Gasteiger charge is -2.35. The van der Waals surface area contributed by atoms with Gasteiger partial charge in [0.25, 0.3) is 0 Å². The molecule has 0 saturated carbocycles. The first-order chi connectivity index (χ1) is 9.65.